The second-order valence-electron chi connectivity index (χ2n) is 3.06. The minimum atomic E-state index is 0.0527. The van der Waals surface area contributed by atoms with Gasteiger partial charge in [-0.3, -0.25) is 10.8 Å². The van der Waals surface area contributed by atoms with Gasteiger partial charge in [0.05, 0.1) is 0 Å². The van der Waals surface area contributed by atoms with E-state index in [4.69, 9.17) is 15.6 Å². The van der Waals surface area contributed by atoms with Crippen LogP contribution >= 0.6 is 0 Å². The highest BCUT2D eigenvalue weighted by atomic mass is 16.5. The molecule has 0 spiro atoms. The molecule has 15 heavy (non-hydrogen) atoms. The van der Waals surface area contributed by atoms with Crippen LogP contribution in [0.15, 0.2) is 0 Å². The van der Waals surface area contributed by atoms with E-state index in [0.717, 1.165) is 26.2 Å². The van der Waals surface area contributed by atoms with Crippen molar-refractivity contribution in [1.29, 1.82) is 10.8 Å². The molecule has 0 saturated carbocycles. The number of rotatable bonds is 4. The Labute approximate surface area is 92.0 Å². The van der Waals surface area contributed by atoms with Crippen LogP contribution in [0.3, 0.4) is 0 Å². The van der Waals surface area contributed by atoms with E-state index in [-0.39, 0.29) is 12.0 Å². The molecule has 0 saturated heterocycles. The molecule has 0 aromatic rings. The maximum Gasteiger partial charge on any atom is 0.292 e. The average molecular weight is 214 g/mol. The Balaban J connectivity index is 4.21. The van der Waals surface area contributed by atoms with Gasteiger partial charge in [0, 0.05) is 26.2 Å². The second-order valence-corrected chi connectivity index (χ2v) is 3.06. The van der Waals surface area contributed by atoms with E-state index in [1.807, 2.05) is 27.7 Å². The van der Waals surface area contributed by atoms with Crippen LogP contribution in [0.4, 0.5) is 0 Å². The lowest BCUT2D eigenvalue weighted by Gasteiger charge is -2.25. The zero-order chi connectivity index (χ0) is 11.8. The van der Waals surface area contributed by atoms with Gasteiger partial charge in [0.25, 0.3) is 12.0 Å². The molecule has 0 atom stereocenters. The van der Waals surface area contributed by atoms with Crippen LogP contribution in [-0.2, 0) is 4.74 Å². The Morgan fingerprint density at radius 3 is 1.27 bits per heavy atom. The zero-order valence-corrected chi connectivity index (χ0v) is 10.1. The van der Waals surface area contributed by atoms with E-state index >= 15 is 0 Å². The van der Waals surface area contributed by atoms with Gasteiger partial charge < -0.3 is 14.5 Å². The molecule has 0 unspecified atom stereocenters. The van der Waals surface area contributed by atoms with Gasteiger partial charge in [-0.25, -0.2) is 0 Å². The van der Waals surface area contributed by atoms with E-state index in [2.05, 4.69) is 0 Å². The van der Waals surface area contributed by atoms with Crippen molar-refractivity contribution in [3.63, 3.8) is 0 Å². The fourth-order valence-corrected chi connectivity index (χ4v) is 1.24. The van der Waals surface area contributed by atoms with Crippen LogP contribution in [0.5, 0.6) is 0 Å². The van der Waals surface area contributed by atoms with Crippen LogP contribution in [0.25, 0.3) is 0 Å². The predicted molar refractivity (Wildman–Crippen MR) is 62.4 cm³/mol. The SMILES string of the molecule is CCN(CC)C(=N)OC(=N)N(CC)CC. The molecule has 5 nitrogen and oxygen atoms in total. The molecule has 0 fully saturated rings. The summed E-state index contributed by atoms with van der Waals surface area (Å²) in [5.41, 5.74) is 0. The Morgan fingerprint density at radius 1 is 0.800 bits per heavy atom. The van der Waals surface area contributed by atoms with Gasteiger partial charge in [-0.2, -0.15) is 0 Å². The number of amidine groups is 2. The molecule has 0 aromatic heterocycles. The molecule has 0 heterocycles. The van der Waals surface area contributed by atoms with Crippen LogP contribution in [0.1, 0.15) is 27.7 Å². The van der Waals surface area contributed by atoms with E-state index < -0.39 is 0 Å². The lowest BCUT2D eigenvalue weighted by Crippen LogP contribution is -2.39. The van der Waals surface area contributed by atoms with Crippen molar-refractivity contribution in [1.82, 2.24) is 9.80 Å². The van der Waals surface area contributed by atoms with Crippen molar-refractivity contribution in [2.24, 2.45) is 0 Å². The van der Waals surface area contributed by atoms with Gasteiger partial charge in [0.15, 0.2) is 0 Å². The highest BCUT2D eigenvalue weighted by molar-refractivity contribution is 5.86. The Bertz CT molecular complexity index is 187. The summed E-state index contributed by atoms with van der Waals surface area (Å²) in [5, 5.41) is 15.3. The first kappa shape index (κ1) is 13.7. The maximum absolute atomic E-state index is 7.66. The summed E-state index contributed by atoms with van der Waals surface area (Å²) < 4.78 is 5.16. The van der Waals surface area contributed by atoms with Gasteiger partial charge >= 0.3 is 0 Å². The molecule has 0 aliphatic rings. The van der Waals surface area contributed by atoms with Gasteiger partial charge in [-0.1, -0.05) is 0 Å². The summed E-state index contributed by atoms with van der Waals surface area (Å²) >= 11 is 0. The number of nitrogens with one attached hydrogen (secondary N) is 2. The lowest BCUT2D eigenvalue weighted by atomic mass is 10.5. The average Bonchev–Trinajstić information content (AvgIpc) is 2.21. The summed E-state index contributed by atoms with van der Waals surface area (Å²) in [7, 11) is 0. The Morgan fingerprint density at radius 2 is 1.07 bits per heavy atom. The van der Waals surface area contributed by atoms with E-state index in [1.165, 1.54) is 0 Å². The third kappa shape index (κ3) is 4.18. The lowest BCUT2D eigenvalue weighted by molar-refractivity contribution is 0.297. The molecule has 5 heteroatoms. The topological polar surface area (TPSA) is 63.4 Å². The van der Waals surface area contributed by atoms with Crippen LogP contribution < -0.4 is 0 Å². The second kappa shape index (κ2) is 7.09. The van der Waals surface area contributed by atoms with E-state index in [1.54, 1.807) is 9.80 Å². The van der Waals surface area contributed by atoms with Gasteiger partial charge in [0.2, 0.25) is 0 Å². The predicted octanol–water partition coefficient (Wildman–Crippen LogP) is 1.56. The fourth-order valence-electron chi connectivity index (χ4n) is 1.24. The third-order valence-corrected chi connectivity index (χ3v) is 2.29. The van der Waals surface area contributed by atoms with Crippen LogP contribution in [-0.4, -0.2) is 48.0 Å². The first-order chi connectivity index (χ1) is 7.10. The minimum absolute atomic E-state index is 0.0527. The molecule has 0 aliphatic heterocycles. The zero-order valence-electron chi connectivity index (χ0n) is 10.1. The monoisotopic (exact) mass is 214 g/mol. The molecular weight excluding hydrogens is 192 g/mol. The largest absolute Gasteiger partial charge is 0.392 e. The minimum Gasteiger partial charge on any atom is -0.392 e. The Kier molecular flexibility index (Phi) is 6.49. The quantitative estimate of drug-likeness (QED) is 0.551. The standard InChI is InChI=1S/C10H22N4O/c1-5-13(6-2)9(11)15-10(12)14(7-3)8-4/h11-12H,5-8H2,1-4H3. The van der Waals surface area contributed by atoms with Crippen molar-refractivity contribution in [3.8, 4) is 0 Å². The first-order valence-electron chi connectivity index (χ1n) is 5.45. The van der Waals surface area contributed by atoms with E-state index in [9.17, 15) is 0 Å². The van der Waals surface area contributed by atoms with E-state index in [0.29, 0.717) is 0 Å². The molecule has 0 rings (SSSR count). The van der Waals surface area contributed by atoms with Gasteiger partial charge in [0.1, 0.15) is 0 Å². The summed E-state index contributed by atoms with van der Waals surface area (Å²) in [6, 6.07) is 0.105. The van der Waals surface area contributed by atoms with Gasteiger partial charge in [-0.05, 0) is 27.7 Å². The molecule has 0 amide bonds. The third-order valence-electron chi connectivity index (χ3n) is 2.29. The maximum atomic E-state index is 7.66. The summed E-state index contributed by atoms with van der Waals surface area (Å²) in [4.78, 5) is 3.52. The molecule has 0 radical (unpaired) electrons. The van der Waals surface area contributed by atoms with Crippen molar-refractivity contribution in [2.75, 3.05) is 26.2 Å². The summed E-state index contributed by atoms with van der Waals surface area (Å²) in [5.74, 6) is 0. The molecule has 0 aromatic carbocycles. The molecule has 88 valence electrons. The number of nitrogens with zero attached hydrogens (tertiary/aromatic N) is 2. The fraction of sp³-hybridized carbons (Fsp3) is 0.800. The summed E-state index contributed by atoms with van der Waals surface area (Å²) in [6.45, 7) is 10.7. The molecule has 0 bridgehead atoms. The normalized spacial score (nSPS) is 9.60. The molecule has 2 N–H and O–H groups in total. The molecule has 0 aliphatic carbocycles. The Hall–Kier alpha value is -1.26. The van der Waals surface area contributed by atoms with Crippen LogP contribution in [0.2, 0.25) is 0 Å². The smallest absolute Gasteiger partial charge is 0.292 e. The van der Waals surface area contributed by atoms with Crippen molar-refractivity contribution < 1.29 is 4.74 Å². The molecular formula is C10H22N4O. The van der Waals surface area contributed by atoms with Crippen molar-refractivity contribution in [2.45, 2.75) is 27.7 Å². The van der Waals surface area contributed by atoms with Crippen LogP contribution in [0, 0.1) is 10.8 Å². The number of ether oxygens (including phenoxy) is 1. The van der Waals surface area contributed by atoms with Crippen molar-refractivity contribution >= 4 is 12.0 Å². The van der Waals surface area contributed by atoms with Gasteiger partial charge in [-0.15, -0.1) is 0 Å². The highest BCUT2D eigenvalue weighted by Crippen LogP contribution is 1.96. The number of hydrogen-bond acceptors (Lipinski definition) is 3. The highest BCUT2D eigenvalue weighted by Gasteiger charge is 2.13. The van der Waals surface area contributed by atoms with Crippen molar-refractivity contribution in [3.05, 3.63) is 0 Å². The first-order valence-corrected chi connectivity index (χ1v) is 5.45. The number of hydrogen-bond donors (Lipinski definition) is 2. The summed E-state index contributed by atoms with van der Waals surface area (Å²) in [6.07, 6.45) is 0.